The summed E-state index contributed by atoms with van der Waals surface area (Å²) in [6, 6.07) is 5.44. The Morgan fingerprint density at radius 2 is 2.22 bits per heavy atom. The van der Waals surface area contributed by atoms with Crippen LogP contribution in [0, 0.1) is 0 Å². The van der Waals surface area contributed by atoms with Gasteiger partial charge >= 0.3 is 6.09 Å². The lowest BCUT2D eigenvalue weighted by Crippen LogP contribution is -2.37. The molecule has 0 atom stereocenters. The molecule has 0 saturated carbocycles. The molecule has 0 aromatic heterocycles. The second-order valence-corrected chi connectivity index (χ2v) is 4.58. The molecule has 1 N–H and O–H groups in total. The molecule has 0 saturated heterocycles. The first kappa shape index (κ1) is 12.7. The van der Waals surface area contributed by atoms with Crippen molar-refractivity contribution in [1.29, 1.82) is 0 Å². The summed E-state index contributed by atoms with van der Waals surface area (Å²) in [5.41, 5.74) is 1.44. The second kappa shape index (κ2) is 4.49. The number of hydrogen-bond acceptors (Lipinski definition) is 3. The number of carboxylic acid groups (broad SMARTS) is 1. The number of amides is 1. The lowest BCUT2D eigenvalue weighted by molar-refractivity contribution is -0.179. The van der Waals surface area contributed by atoms with Crippen LogP contribution in [0.1, 0.15) is 26.3 Å². The molecule has 0 bridgehead atoms. The third-order valence-corrected chi connectivity index (χ3v) is 2.84. The Hall–Kier alpha value is -1.75. The highest BCUT2D eigenvalue weighted by Crippen LogP contribution is 2.39. The van der Waals surface area contributed by atoms with E-state index in [2.05, 4.69) is 0 Å². The van der Waals surface area contributed by atoms with Gasteiger partial charge in [0.1, 0.15) is 0 Å². The minimum Gasteiger partial charge on any atom is -0.465 e. The van der Waals surface area contributed by atoms with Crippen molar-refractivity contribution in [3.63, 3.8) is 0 Å². The van der Waals surface area contributed by atoms with Crippen LogP contribution in [0.25, 0.3) is 0 Å². The van der Waals surface area contributed by atoms with E-state index in [-0.39, 0.29) is 0 Å². The van der Waals surface area contributed by atoms with Gasteiger partial charge in [0, 0.05) is 26.0 Å². The topological polar surface area (TPSA) is 59.0 Å². The number of ether oxygens (including phenoxy) is 2. The smallest absolute Gasteiger partial charge is 0.411 e. The molecule has 5 nitrogen and oxygen atoms in total. The number of carbonyl (C=O) groups is 1. The first-order valence-corrected chi connectivity index (χ1v) is 5.90. The molecule has 0 fully saturated rings. The van der Waals surface area contributed by atoms with E-state index in [9.17, 15) is 9.90 Å². The van der Waals surface area contributed by atoms with Crippen LogP contribution in [0.2, 0.25) is 0 Å². The van der Waals surface area contributed by atoms with E-state index >= 15 is 0 Å². The zero-order valence-electron chi connectivity index (χ0n) is 10.8. The average molecular weight is 251 g/mol. The van der Waals surface area contributed by atoms with Crippen molar-refractivity contribution in [3.05, 3.63) is 23.8 Å². The van der Waals surface area contributed by atoms with Crippen LogP contribution in [0.15, 0.2) is 18.2 Å². The van der Waals surface area contributed by atoms with Crippen LogP contribution in [0.3, 0.4) is 0 Å². The molecular weight excluding hydrogens is 234 g/mol. The molecule has 18 heavy (non-hydrogen) atoms. The molecular formula is C13H17NO4. The molecule has 0 unspecified atom stereocenters. The van der Waals surface area contributed by atoms with E-state index in [1.165, 1.54) is 4.90 Å². The van der Waals surface area contributed by atoms with Gasteiger partial charge in [-0.3, -0.25) is 4.90 Å². The van der Waals surface area contributed by atoms with Crippen LogP contribution in [-0.2, 0) is 11.3 Å². The van der Waals surface area contributed by atoms with Crippen molar-refractivity contribution in [3.8, 4) is 5.75 Å². The van der Waals surface area contributed by atoms with Gasteiger partial charge < -0.3 is 14.6 Å². The molecule has 1 aliphatic heterocycles. The van der Waals surface area contributed by atoms with Gasteiger partial charge in [0.15, 0.2) is 5.75 Å². The van der Waals surface area contributed by atoms with E-state index in [0.29, 0.717) is 24.6 Å². The number of rotatable bonds is 2. The number of hydrogen-bond donors (Lipinski definition) is 1. The second-order valence-electron chi connectivity index (χ2n) is 4.58. The minimum absolute atomic E-state index is 0.371. The number of fused-ring (bicyclic) bond motifs is 1. The standard InChI is InChI=1S/C13H17NO4/c1-4-14(12(15)16)10-7-5-6-9-8-17-13(2,3)18-11(9)10/h5-7H,4,8H2,1-3H3,(H,15,16). The Morgan fingerprint density at radius 1 is 1.50 bits per heavy atom. The maximum Gasteiger partial charge on any atom is 0.411 e. The van der Waals surface area contributed by atoms with Crippen molar-refractivity contribution in [2.24, 2.45) is 0 Å². The third kappa shape index (κ3) is 2.26. The maximum atomic E-state index is 11.2. The number of para-hydroxylation sites is 1. The van der Waals surface area contributed by atoms with Crippen molar-refractivity contribution in [2.75, 3.05) is 11.4 Å². The minimum atomic E-state index is -0.987. The fourth-order valence-electron chi connectivity index (χ4n) is 1.95. The molecule has 1 aliphatic rings. The van der Waals surface area contributed by atoms with Crippen molar-refractivity contribution in [1.82, 2.24) is 0 Å². The van der Waals surface area contributed by atoms with Gasteiger partial charge in [-0.1, -0.05) is 12.1 Å². The summed E-state index contributed by atoms with van der Waals surface area (Å²) in [7, 11) is 0. The van der Waals surface area contributed by atoms with E-state index in [1.54, 1.807) is 13.0 Å². The fourth-order valence-corrected chi connectivity index (χ4v) is 1.95. The third-order valence-electron chi connectivity index (χ3n) is 2.84. The first-order valence-electron chi connectivity index (χ1n) is 5.90. The summed E-state index contributed by atoms with van der Waals surface area (Å²) in [6.45, 7) is 6.20. The van der Waals surface area contributed by atoms with Gasteiger partial charge in [-0.25, -0.2) is 4.79 Å². The SMILES string of the molecule is CCN(C(=O)O)c1cccc2c1OC(C)(C)OC2. The normalized spacial score (nSPS) is 16.6. The summed E-state index contributed by atoms with van der Waals surface area (Å²) in [5.74, 6) is -0.140. The summed E-state index contributed by atoms with van der Waals surface area (Å²) < 4.78 is 11.3. The molecule has 98 valence electrons. The monoisotopic (exact) mass is 251 g/mol. The zero-order valence-corrected chi connectivity index (χ0v) is 10.8. The van der Waals surface area contributed by atoms with Crippen LogP contribution >= 0.6 is 0 Å². The average Bonchev–Trinajstić information content (AvgIpc) is 2.29. The first-order chi connectivity index (χ1) is 8.44. The van der Waals surface area contributed by atoms with Gasteiger partial charge in [0.25, 0.3) is 0 Å². The number of nitrogens with zero attached hydrogens (tertiary/aromatic N) is 1. The molecule has 1 aromatic rings. The maximum absolute atomic E-state index is 11.2. The van der Waals surface area contributed by atoms with E-state index in [0.717, 1.165) is 5.56 Å². The van der Waals surface area contributed by atoms with E-state index in [4.69, 9.17) is 9.47 Å². The molecule has 5 heteroatoms. The molecule has 0 spiro atoms. The van der Waals surface area contributed by atoms with Crippen LogP contribution in [0.5, 0.6) is 5.75 Å². The highest BCUT2D eigenvalue weighted by atomic mass is 16.7. The Kier molecular flexibility index (Phi) is 3.17. The highest BCUT2D eigenvalue weighted by Gasteiger charge is 2.31. The predicted octanol–water partition coefficient (Wildman–Crippen LogP) is 2.84. The lowest BCUT2D eigenvalue weighted by atomic mass is 10.1. The Morgan fingerprint density at radius 3 is 2.83 bits per heavy atom. The van der Waals surface area contributed by atoms with Gasteiger partial charge in [0.2, 0.25) is 5.79 Å². The lowest BCUT2D eigenvalue weighted by Gasteiger charge is -2.35. The number of anilines is 1. The van der Waals surface area contributed by atoms with E-state index < -0.39 is 11.9 Å². The molecule has 1 amide bonds. The summed E-state index contributed by atoms with van der Waals surface area (Å²) in [6.07, 6.45) is -0.987. The van der Waals surface area contributed by atoms with Crippen LogP contribution in [-0.4, -0.2) is 23.5 Å². The van der Waals surface area contributed by atoms with Crippen molar-refractivity contribution < 1.29 is 19.4 Å². The quantitative estimate of drug-likeness (QED) is 0.878. The van der Waals surface area contributed by atoms with Crippen LogP contribution in [0.4, 0.5) is 10.5 Å². The summed E-state index contributed by atoms with van der Waals surface area (Å²) in [5, 5.41) is 9.20. The summed E-state index contributed by atoms with van der Waals surface area (Å²) >= 11 is 0. The Balaban J connectivity index is 2.47. The highest BCUT2D eigenvalue weighted by molar-refractivity contribution is 5.88. The van der Waals surface area contributed by atoms with E-state index in [1.807, 2.05) is 26.0 Å². The largest absolute Gasteiger partial charge is 0.465 e. The summed E-state index contributed by atoms with van der Waals surface area (Å²) in [4.78, 5) is 12.5. The predicted molar refractivity (Wildman–Crippen MR) is 67.0 cm³/mol. The van der Waals surface area contributed by atoms with Crippen LogP contribution < -0.4 is 9.64 Å². The Labute approximate surface area is 106 Å². The molecule has 0 aliphatic carbocycles. The van der Waals surface area contributed by atoms with Gasteiger partial charge in [-0.05, 0) is 13.0 Å². The fraction of sp³-hybridized carbons (Fsp3) is 0.462. The van der Waals surface area contributed by atoms with Gasteiger partial charge in [-0.15, -0.1) is 0 Å². The zero-order chi connectivity index (χ0) is 13.3. The van der Waals surface area contributed by atoms with Crippen molar-refractivity contribution in [2.45, 2.75) is 33.2 Å². The molecule has 1 aromatic carbocycles. The van der Waals surface area contributed by atoms with Gasteiger partial charge in [0.05, 0.1) is 12.3 Å². The number of benzene rings is 1. The molecule has 1 heterocycles. The molecule has 2 rings (SSSR count). The Bertz CT molecular complexity index is 470. The molecule has 0 radical (unpaired) electrons. The van der Waals surface area contributed by atoms with Crippen molar-refractivity contribution >= 4 is 11.8 Å². The van der Waals surface area contributed by atoms with Gasteiger partial charge in [-0.2, -0.15) is 0 Å².